The molecule has 6 rings (SSSR count). The second kappa shape index (κ2) is 15.3. The zero-order valence-corrected chi connectivity index (χ0v) is 28.6. The summed E-state index contributed by atoms with van der Waals surface area (Å²) in [7, 11) is 0. The lowest BCUT2D eigenvalue weighted by Gasteiger charge is -2.29. The van der Waals surface area contributed by atoms with Crippen LogP contribution in [-0.4, -0.2) is 45.3 Å². The second-order valence-corrected chi connectivity index (χ2v) is 14.0. The van der Waals surface area contributed by atoms with Crippen molar-refractivity contribution in [2.75, 3.05) is 16.0 Å². The number of aromatic nitrogens is 3. The first-order chi connectivity index (χ1) is 23.2. The van der Waals surface area contributed by atoms with Gasteiger partial charge in [-0.3, -0.25) is 15.4 Å². The highest BCUT2D eigenvalue weighted by Gasteiger charge is 2.27. The van der Waals surface area contributed by atoms with Gasteiger partial charge < -0.3 is 14.8 Å². The minimum Gasteiger partial charge on any atom is -0.446 e. The van der Waals surface area contributed by atoms with Crippen LogP contribution in [0.25, 0.3) is 21.5 Å². The zero-order chi connectivity index (χ0) is 33.6. The number of anilines is 3. The van der Waals surface area contributed by atoms with Gasteiger partial charge in [-0.15, -0.1) is 0 Å². The van der Waals surface area contributed by atoms with Gasteiger partial charge >= 0.3 is 12.2 Å². The Morgan fingerprint density at radius 1 is 0.833 bits per heavy atom. The maximum absolute atomic E-state index is 13.1. The molecule has 1 aromatic carbocycles. The first kappa shape index (κ1) is 33.6. The number of amides is 3. The molecule has 0 radical (unpaired) electrons. The van der Waals surface area contributed by atoms with Crippen molar-refractivity contribution in [3.05, 3.63) is 58.7 Å². The molecule has 3 N–H and O–H groups in total. The molecule has 13 heteroatoms. The number of halogens is 1. The number of carbonyl (C=O) groups is 3. The Morgan fingerprint density at radius 3 is 2.38 bits per heavy atom. The van der Waals surface area contributed by atoms with E-state index in [-0.39, 0.29) is 24.0 Å². The zero-order valence-electron chi connectivity index (χ0n) is 27.0. The Morgan fingerprint density at radius 2 is 1.58 bits per heavy atom. The first-order valence-electron chi connectivity index (χ1n) is 16.5. The van der Waals surface area contributed by atoms with E-state index in [0.717, 1.165) is 78.3 Å². The molecule has 2 fully saturated rings. The van der Waals surface area contributed by atoms with Crippen LogP contribution in [0.5, 0.6) is 0 Å². The number of benzene rings is 1. The topological polar surface area (TPSA) is 144 Å². The number of carbonyl (C=O) groups excluding carboxylic acids is 3. The predicted molar refractivity (Wildman–Crippen MR) is 188 cm³/mol. The van der Waals surface area contributed by atoms with E-state index in [0.29, 0.717) is 40.5 Å². The second-order valence-electron chi connectivity index (χ2n) is 12.6. The van der Waals surface area contributed by atoms with Crippen LogP contribution < -0.4 is 16.0 Å². The third kappa shape index (κ3) is 8.78. The van der Waals surface area contributed by atoms with Crippen LogP contribution in [-0.2, 0) is 20.7 Å². The highest BCUT2D eigenvalue weighted by molar-refractivity contribution is 7.22. The molecule has 0 saturated heterocycles. The van der Waals surface area contributed by atoms with E-state index in [2.05, 4.69) is 25.9 Å². The first-order valence-corrected chi connectivity index (χ1v) is 17.6. The summed E-state index contributed by atoms with van der Waals surface area (Å²) < 4.78 is 12.5. The van der Waals surface area contributed by atoms with Crippen molar-refractivity contribution in [1.82, 2.24) is 15.0 Å². The molecule has 2 saturated carbocycles. The number of nitrogens with zero attached hydrogens (tertiary/aromatic N) is 3. The van der Waals surface area contributed by atoms with Gasteiger partial charge in [-0.2, -0.15) is 0 Å². The van der Waals surface area contributed by atoms with Crippen LogP contribution >= 0.6 is 22.9 Å². The van der Waals surface area contributed by atoms with Crippen LogP contribution in [0.1, 0.15) is 75.8 Å². The number of ether oxygens (including phenoxy) is 2. The van der Waals surface area contributed by atoms with Gasteiger partial charge in [0.2, 0.25) is 5.91 Å². The maximum Gasteiger partial charge on any atom is 0.413 e. The van der Waals surface area contributed by atoms with Crippen LogP contribution in [0.15, 0.2) is 42.5 Å². The van der Waals surface area contributed by atoms with E-state index >= 15 is 0 Å². The molecule has 0 aliphatic heterocycles. The number of hydrogen-bond acceptors (Lipinski definition) is 9. The van der Waals surface area contributed by atoms with Crippen molar-refractivity contribution >= 4 is 68.0 Å². The van der Waals surface area contributed by atoms with Crippen LogP contribution in [0.3, 0.4) is 0 Å². The highest BCUT2D eigenvalue weighted by atomic mass is 35.5. The molecule has 2 aliphatic rings. The third-order valence-electron chi connectivity index (χ3n) is 8.79. The molecular weight excluding hydrogens is 652 g/mol. The van der Waals surface area contributed by atoms with Crippen LogP contribution in [0, 0.1) is 12.8 Å². The molecule has 2 atom stereocenters. The van der Waals surface area contributed by atoms with Gasteiger partial charge in [0.1, 0.15) is 29.0 Å². The van der Waals surface area contributed by atoms with Crippen LogP contribution in [0.2, 0.25) is 5.15 Å². The summed E-state index contributed by atoms with van der Waals surface area (Å²) in [6.07, 6.45) is 7.57. The fourth-order valence-electron chi connectivity index (χ4n) is 6.42. The van der Waals surface area contributed by atoms with E-state index < -0.39 is 12.2 Å². The minimum atomic E-state index is -0.556. The molecule has 2 unspecified atom stereocenters. The Kier molecular flexibility index (Phi) is 10.7. The lowest BCUT2D eigenvalue weighted by molar-refractivity contribution is -0.114. The molecule has 3 heterocycles. The fraction of sp³-hybridized carbons (Fsp3) is 0.429. The lowest BCUT2D eigenvalue weighted by atomic mass is 9.83. The standard InChI is InChI=1S/C35H39ClN6O5S/c1-20-11-16-30(36)40-31(20)41-34(44)47-26-10-6-7-22(18-26)17-24-13-14-27(38-32(24)42-35(45)46-25-8-4-3-5-9-25)23-12-15-28-29(19-23)48-33(39-28)37-21(2)43/h11-16,19,22,25-26H,3-10,17-18H2,1-2H3,(H,37,39,43)(H,38,42,45)(H,40,41,44). The maximum atomic E-state index is 13.1. The Balaban J connectivity index is 1.18. The largest absolute Gasteiger partial charge is 0.446 e. The summed E-state index contributed by atoms with van der Waals surface area (Å²) in [4.78, 5) is 51.0. The number of aryl methyl sites for hydroxylation is 1. The number of thiazole rings is 1. The van der Waals surface area contributed by atoms with Crippen molar-refractivity contribution in [1.29, 1.82) is 0 Å². The molecule has 0 spiro atoms. The quantitative estimate of drug-likeness (QED) is 0.156. The summed E-state index contributed by atoms with van der Waals surface area (Å²) in [5.41, 5.74) is 4.00. The van der Waals surface area contributed by atoms with Crippen molar-refractivity contribution in [3.63, 3.8) is 0 Å². The number of hydrogen-bond donors (Lipinski definition) is 3. The monoisotopic (exact) mass is 690 g/mol. The molecule has 2 aliphatic carbocycles. The normalized spacial score (nSPS) is 18.2. The molecule has 3 aromatic heterocycles. The van der Waals surface area contributed by atoms with E-state index in [9.17, 15) is 14.4 Å². The number of pyridine rings is 2. The average Bonchev–Trinajstić information content (AvgIpc) is 3.45. The van der Waals surface area contributed by atoms with E-state index in [4.69, 9.17) is 26.1 Å². The summed E-state index contributed by atoms with van der Waals surface area (Å²) >= 11 is 7.40. The molecule has 11 nitrogen and oxygen atoms in total. The molecule has 0 bridgehead atoms. The highest BCUT2D eigenvalue weighted by Crippen LogP contribution is 2.34. The molecule has 4 aromatic rings. The van der Waals surface area contributed by atoms with Crippen molar-refractivity contribution < 1.29 is 23.9 Å². The lowest BCUT2D eigenvalue weighted by Crippen LogP contribution is -2.29. The number of rotatable bonds is 8. The average molecular weight is 691 g/mol. The number of nitrogens with one attached hydrogen (secondary N) is 3. The van der Waals surface area contributed by atoms with Crippen molar-refractivity contribution in [2.45, 2.75) is 90.3 Å². The van der Waals surface area contributed by atoms with Gasteiger partial charge in [-0.25, -0.2) is 24.5 Å². The summed E-state index contributed by atoms with van der Waals surface area (Å²) in [5.74, 6) is 0.877. The molecule has 3 amide bonds. The SMILES string of the molecule is CC(=O)Nc1nc2ccc(-c3ccc(CC4CCCC(OC(=O)Nc5nc(Cl)ccc5C)C4)c(NC(=O)OC4CCCCC4)n3)cc2s1. The van der Waals surface area contributed by atoms with Gasteiger partial charge in [-0.05, 0) is 106 Å². The molecule has 48 heavy (non-hydrogen) atoms. The third-order valence-corrected chi connectivity index (χ3v) is 9.94. The van der Waals surface area contributed by atoms with Crippen molar-refractivity contribution in [2.24, 2.45) is 5.92 Å². The van der Waals surface area contributed by atoms with Gasteiger partial charge in [0.15, 0.2) is 5.13 Å². The van der Waals surface area contributed by atoms with E-state index in [1.807, 2.05) is 37.3 Å². The summed E-state index contributed by atoms with van der Waals surface area (Å²) in [6.45, 7) is 3.29. The summed E-state index contributed by atoms with van der Waals surface area (Å²) in [6, 6.07) is 13.2. The smallest absolute Gasteiger partial charge is 0.413 e. The summed E-state index contributed by atoms with van der Waals surface area (Å²) in [5, 5.41) is 9.25. The number of fused-ring (bicyclic) bond motifs is 1. The van der Waals surface area contributed by atoms with Gasteiger partial charge in [0, 0.05) is 12.5 Å². The van der Waals surface area contributed by atoms with Gasteiger partial charge in [0.05, 0.1) is 15.9 Å². The van der Waals surface area contributed by atoms with E-state index in [1.165, 1.54) is 18.3 Å². The Hall–Kier alpha value is -4.29. The molecular formula is C35H39ClN6O5S. The molecule has 252 valence electrons. The van der Waals surface area contributed by atoms with Crippen molar-refractivity contribution in [3.8, 4) is 11.3 Å². The Labute approximate surface area is 288 Å². The van der Waals surface area contributed by atoms with Gasteiger partial charge in [-0.1, -0.05) is 47.6 Å². The predicted octanol–water partition coefficient (Wildman–Crippen LogP) is 8.90. The van der Waals surface area contributed by atoms with Gasteiger partial charge in [0.25, 0.3) is 0 Å². The Bertz CT molecular complexity index is 1810. The van der Waals surface area contributed by atoms with Crippen LogP contribution in [0.4, 0.5) is 26.4 Å². The minimum absolute atomic E-state index is 0.0924. The van der Waals surface area contributed by atoms with E-state index in [1.54, 1.807) is 12.1 Å². The fourth-order valence-corrected chi connectivity index (χ4v) is 7.52.